The van der Waals surface area contributed by atoms with Gasteiger partial charge in [-0.15, -0.1) is 4.91 Å². The molecule has 46 heavy (non-hydrogen) atoms. The number of halogens is 3. The van der Waals surface area contributed by atoms with Crippen molar-refractivity contribution in [3.8, 4) is 22.8 Å². The SMILES string of the molecule is Cc1cc2nc(OCc3cccc(C(F)(F)F)c3)ccc2c(-c2ccc3c4c(ccnc24)CCO3)c1[C@H](OC(C)(C)C)C(=O)N=O. The Labute approximate surface area is 262 Å². The van der Waals surface area contributed by atoms with Gasteiger partial charge in [-0.1, -0.05) is 12.1 Å². The van der Waals surface area contributed by atoms with Gasteiger partial charge in [0, 0.05) is 45.8 Å². The minimum atomic E-state index is -4.47. The number of hydrogen-bond donors (Lipinski definition) is 0. The number of ether oxygens (including phenoxy) is 3. The number of fused-ring (bicyclic) bond motifs is 1. The smallest absolute Gasteiger partial charge is 0.416 e. The second-order valence-electron chi connectivity index (χ2n) is 12.1. The second kappa shape index (κ2) is 11.8. The van der Waals surface area contributed by atoms with Crippen molar-refractivity contribution < 1.29 is 32.2 Å². The number of nitrogens with zero attached hydrogens (tertiary/aromatic N) is 3. The number of aromatic nitrogens is 2. The first-order chi connectivity index (χ1) is 21.8. The van der Waals surface area contributed by atoms with Crippen molar-refractivity contribution in [2.24, 2.45) is 5.18 Å². The lowest BCUT2D eigenvalue weighted by Crippen LogP contribution is -2.27. The average Bonchev–Trinajstić information content (AvgIpc) is 3.01. The fraction of sp³-hybridized carbons (Fsp3) is 0.286. The van der Waals surface area contributed by atoms with Crippen LogP contribution < -0.4 is 9.47 Å². The fourth-order valence-corrected chi connectivity index (χ4v) is 5.84. The van der Waals surface area contributed by atoms with Crippen LogP contribution in [0.3, 0.4) is 0 Å². The molecule has 3 heterocycles. The normalized spacial score (nSPS) is 13.8. The molecular weight excluding hydrogens is 599 g/mol. The molecule has 0 N–H and O–H groups in total. The van der Waals surface area contributed by atoms with Crippen molar-refractivity contribution in [3.05, 3.63) is 99.6 Å². The van der Waals surface area contributed by atoms with Crippen LogP contribution >= 0.6 is 0 Å². The molecule has 11 heteroatoms. The minimum absolute atomic E-state index is 0.133. The van der Waals surface area contributed by atoms with Gasteiger partial charge in [0.25, 0.3) is 0 Å². The Balaban J connectivity index is 1.53. The van der Waals surface area contributed by atoms with Gasteiger partial charge in [0.2, 0.25) is 5.88 Å². The van der Waals surface area contributed by atoms with Crippen LogP contribution in [0.2, 0.25) is 0 Å². The quantitative estimate of drug-likeness (QED) is 0.167. The van der Waals surface area contributed by atoms with E-state index in [2.05, 4.69) is 5.18 Å². The zero-order chi connectivity index (χ0) is 32.8. The Morgan fingerprint density at radius 1 is 1.07 bits per heavy atom. The van der Waals surface area contributed by atoms with E-state index in [1.807, 2.05) is 18.2 Å². The van der Waals surface area contributed by atoms with Crippen LogP contribution in [0.1, 0.15) is 54.7 Å². The summed E-state index contributed by atoms with van der Waals surface area (Å²) in [7, 11) is 0. The molecule has 3 aromatic carbocycles. The highest BCUT2D eigenvalue weighted by atomic mass is 19.4. The molecular formula is C35H30F3N3O5. The van der Waals surface area contributed by atoms with E-state index in [0.29, 0.717) is 63.0 Å². The van der Waals surface area contributed by atoms with E-state index in [9.17, 15) is 22.9 Å². The van der Waals surface area contributed by atoms with Crippen LogP contribution in [0, 0.1) is 11.8 Å². The topological polar surface area (TPSA) is 100.0 Å². The molecule has 0 fully saturated rings. The summed E-state index contributed by atoms with van der Waals surface area (Å²) in [4.78, 5) is 34.2. The average molecular weight is 630 g/mol. The maximum absolute atomic E-state index is 13.2. The summed E-state index contributed by atoms with van der Waals surface area (Å²) in [5.74, 6) is -0.0886. The van der Waals surface area contributed by atoms with Crippen LogP contribution in [0.15, 0.2) is 72.0 Å². The number of rotatable bonds is 7. The number of nitroso groups, excluding NO2 is 1. The predicted octanol–water partition coefficient (Wildman–Crippen LogP) is 8.44. The van der Waals surface area contributed by atoms with Gasteiger partial charge in [0.15, 0.2) is 6.10 Å². The first kappa shape index (κ1) is 31.1. The summed E-state index contributed by atoms with van der Waals surface area (Å²) in [5.41, 5.74) is 3.29. The predicted molar refractivity (Wildman–Crippen MR) is 167 cm³/mol. The molecule has 0 saturated carbocycles. The Bertz CT molecular complexity index is 1990. The van der Waals surface area contributed by atoms with Crippen molar-refractivity contribution in [2.45, 2.75) is 58.6 Å². The van der Waals surface area contributed by atoms with E-state index in [1.165, 1.54) is 6.07 Å². The minimum Gasteiger partial charge on any atom is -0.493 e. The number of hydrogen-bond acceptors (Lipinski definition) is 7. The maximum Gasteiger partial charge on any atom is 0.416 e. The molecule has 1 amide bonds. The molecule has 0 bridgehead atoms. The lowest BCUT2D eigenvalue weighted by Gasteiger charge is -2.29. The number of pyridine rings is 2. The second-order valence-corrected chi connectivity index (χ2v) is 12.1. The van der Waals surface area contributed by atoms with Crippen LogP contribution in [0.5, 0.6) is 11.6 Å². The summed E-state index contributed by atoms with van der Waals surface area (Å²) < 4.78 is 57.6. The third-order valence-electron chi connectivity index (χ3n) is 7.74. The van der Waals surface area contributed by atoms with Gasteiger partial charge in [0.1, 0.15) is 12.4 Å². The Kier molecular flexibility index (Phi) is 7.97. The molecule has 5 aromatic rings. The lowest BCUT2D eigenvalue weighted by atomic mass is 9.86. The van der Waals surface area contributed by atoms with E-state index in [0.717, 1.165) is 23.1 Å². The zero-order valence-electron chi connectivity index (χ0n) is 25.6. The van der Waals surface area contributed by atoms with E-state index in [-0.39, 0.29) is 12.5 Å². The molecule has 1 aliphatic heterocycles. The van der Waals surface area contributed by atoms with Crippen molar-refractivity contribution in [1.29, 1.82) is 0 Å². The number of carbonyl (C=O) groups is 1. The third-order valence-corrected chi connectivity index (χ3v) is 7.74. The summed E-state index contributed by atoms with van der Waals surface area (Å²) in [6.45, 7) is 7.54. The number of aryl methyl sites for hydroxylation is 1. The summed E-state index contributed by atoms with van der Waals surface area (Å²) >= 11 is 0. The highest BCUT2D eigenvalue weighted by molar-refractivity contribution is 6.08. The number of benzene rings is 3. The fourth-order valence-electron chi connectivity index (χ4n) is 5.84. The number of alkyl halides is 3. The van der Waals surface area contributed by atoms with E-state index in [1.54, 1.807) is 58.2 Å². The summed E-state index contributed by atoms with van der Waals surface area (Å²) in [5, 5.41) is 4.22. The van der Waals surface area contributed by atoms with Crippen molar-refractivity contribution >= 4 is 27.7 Å². The van der Waals surface area contributed by atoms with Gasteiger partial charge >= 0.3 is 12.1 Å². The maximum atomic E-state index is 13.2. The highest BCUT2D eigenvalue weighted by Crippen LogP contribution is 2.45. The molecule has 0 spiro atoms. The van der Waals surface area contributed by atoms with Crippen LogP contribution in [-0.2, 0) is 28.7 Å². The Hall–Kier alpha value is -4.90. The van der Waals surface area contributed by atoms with Crippen molar-refractivity contribution in [3.63, 3.8) is 0 Å². The van der Waals surface area contributed by atoms with Crippen molar-refractivity contribution in [2.75, 3.05) is 6.61 Å². The lowest BCUT2D eigenvalue weighted by molar-refractivity contribution is -0.140. The van der Waals surface area contributed by atoms with Crippen LogP contribution in [0.25, 0.3) is 32.9 Å². The number of carbonyl (C=O) groups excluding carboxylic acids is 1. The van der Waals surface area contributed by atoms with Gasteiger partial charge in [-0.3, -0.25) is 9.78 Å². The largest absolute Gasteiger partial charge is 0.493 e. The molecule has 6 rings (SSSR count). The monoisotopic (exact) mass is 629 g/mol. The molecule has 1 atom stereocenters. The van der Waals surface area contributed by atoms with Crippen LogP contribution in [-0.4, -0.2) is 28.1 Å². The first-order valence-electron chi connectivity index (χ1n) is 14.7. The number of amides is 1. The molecule has 1 aliphatic rings. The molecule has 236 valence electrons. The van der Waals surface area contributed by atoms with Gasteiger partial charge in [-0.2, -0.15) is 13.2 Å². The molecule has 0 radical (unpaired) electrons. The molecule has 2 aromatic heterocycles. The van der Waals surface area contributed by atoms with Crippen LogP contribution in [0.4, 0.5) is 13.2 Å². The third kappa shape index (κ3) is 6.02. The Morgan fingerprint density at radius 2 is 1.87 bits per heavy atom. The molecule has 8 nitrogen and oxygen atoms in total. The van der Waals surface area contributed by atoms with Gasteiger partial charge in [0.05, 0.1) is 28.8 Å². The van der Waals surface area contributed by atoms with E-state index < -0.39 is 29.4 Å². The highest BCUT2D eigenvalue weighted by Gasteiger charge is 2.34. The van der Waals surface area contributed by atoms with E-state index in [4.69, 9.17) is 24.2 Å². The summed E-state index contributed by atoms with van der Waals surface area (Å²) in [6, 6.07) is 15.7. The zero-order valence-corrected chi connectivity index (χ0v) is 25.6. The molecule has 0 saturated heterocycles. The summed E-state index contributed by atoms with van der Waals surface area (Å²) in [6.07, 6.45) is -3.36. The van der Waals surface area contributed by atoms with E-state index >= 15 is 0 Å². The first-order valence-corrected chi connectivity index (χ1v) is 14.7. The molecule has 0 unspecified atom stereocenters. The standard InChI is InChI=1S/C35H30F3N3O5/c1-19-16-25-23(9-11-27(40-25)45-18-20-6-5-7-22(17-20)35(36,37)38)30(28(19)32(33(42)41-43)46-34(2,3)4)24-8-10-26-29-21(13-15-44-26)12-14-39-31(24)29/h5-12,14,16-17,32H,13,15,18H2,1-4H3/t32-/m0/s1. The van der Waals surface area contributed by atoms with Gasteiger partial charge in [-0.05, 0) is 92.4 Å². The van der Waals surface area contributed by atoms with Gasteiger partial charge in [-0.25, -0.2) is 4.98 Å². The Morgan fingerprint density at radius 3 is 2.61 bits per heavy atom. The molecule has 0 aliphatic carbocycles. The van der Waals surface area contributed by atoms with Crippen molar-refractivity contribution in [1.82, 2.24) is 9.97 Å². The van der Waals surface area contributed by atoms with Gasteiger partial charge < -0.3 is 14.2 Å².